The van der Waals surface area contributed by atoms with E-state index in [1.54, 1.807) is 4.90 Å². The fraction of sp³-hybridized carbons (Fsp3) is 0.632. The van der Waals surface area contributed by atoms with E-state index in [4.69, 9.17) is 11.6 Å². The standard InChI is InChI=1S/C19H27ClFN3O5S2/c1-30(26,27)22-13-15-4-2-3-9-24(15)19(25)14-7-10-23(11-8-14)31(28,29)16-5-6-18(21)17(20)12-16/h5-6,12,14-15,22H,2-4,7-11,13H2,1H3. The van der Waals surface area contributed by atoms with Crippen molar-refractivity contribution in [3.8, 4) is 0 Å². The highest BCUT2D eigenvalue weighted by Gasteiger charge is 2.36. The van der Waals surface area contributed by atoms with Crippen molar-refractivity contribution in [2.45, 2.75) is 43.0 Å². The number of rotatable bonds is 6. The van der Waals surface area contributed by atoms with Crippen molar-refractivity contribution in [3.63, 3.8) is 0 Å². The van der Waals surface area contributed by atoms with Gasteiger partial charge in [0.25, 0.3) is 0 Å². The molecule has 0 aromatic heterocycles. The van der Waals surface area contributed by atoms with Crippen molar-refractivity contribution in [2.24, 2.45) is 5.92 Å². The molecule has 2 fully saturated rings. The highest BCUT2D eigenvalue weighted by molar-refractivity contribution is 7.89. The van der Waals surface area contributed by atoms with Crippen LogP contribution in [0.1, 0.15) is 32.1 Å². The molecule has 0 spiro atoms. The molecule has 1 aromatic rings. The van der Waals surface area contributed by atoms with Gasteiger partial charge in [0.05, 0.1) is 16.2 Å². The lowest BCUT2D eigenvalue weighted by atomic mass is 9.93. The maximum atomic E-state index is 13.4. The first-order valence-electron chi connectivity index (χ1n) is 10.2. The van der Waals surface area contributed by atoms with Crippen LogP contribution in [0.15, 0.2) is 23.1 Å². The van der Waals surface area contributed by atoms with Crippen LogP contribution < -0.4 is 4.72 Å². The second-order valence-corrected chi connectivity index (χ2v) is 12.2. The number of halogens is 2. The number of carbonyl (C=O) groups is 1. The van der Waals surface area contributed by atoms with E-state index in [9.17, 15) is 26.0 Å². The molecule has 1 unspecified atom stereocenters. The first-order chi connectivity index (χ1) is 14.5. The highest BCUT2D eigenvalue weighted by atomic mass is 35.5. The van der Waals surface area contributed by atoms with Crippen LogP contribution in [0.3, 0.4) is 0 Å². The third-order valence-corrected chi connectivity index (χ3v) is 8.70. The number of carbonyl (C=O) groups excluding carboxylic acids is 1. The summed E-state index contributed by atoms with van der Waals surface area (Å²) in [6.45, 7) is 1.10. The molecule has 1 N–H and O–H groups in total. The van der Waals surface area contributed by atoms with E-state index >= 15 is 0 Å². The topological polar surface area (TPSA) is 104 Å². The predicted molar refractivity (Wildman–Crippen MR) is 115 cm³/mol. The van der Waals surface area contributed by atoms with Gasteiger partial charge in [0.15, 0.2) is 0 Å². The van der Waals surface area contributed by atoms with E-state index < -0.39 is 25.9 Å². The predicted octanol–water partition coefficient (Wildman–Crippen LogP) is 1.81. The molecular weight excluding hydrogens is 469 g/mol. The summed E-state index contributed by atoms with van der Waals surface area (Å²) in [5.74, 6) is -1.06. The molecule has 8 nitrogen and oxygen atoms in total. The van der Waals surface area contributed by atoms with Crippen LogP contribution in [0, 0.1) is 11.7 Å². The van der Waals surface area contributed by atoms with Crippen molar-refractivity contribution in [1.29, 1.82) is 0 Å². The number of sulfonamides is 2. The summed E-state index contributed by atoms with van der Waals surface area (Å²) in [4.78, 5) is 14.8. The third-order valence-electron chi connectivity index (χ3n) is 5.82. The quantitative estimate of drug-likeness (QED) is 0.648. The van der Waals surface area contributed by atoms with E-state index in [0.29, 0.717) is 19.4 Å². The number of hydrogen-bond acceptors (Lipinski definition) is 5. The third kappa shape index (κ3) is 5.95. The Kier molecular flexibility index (Phi) is 7.62. The molecule has 0 bridgehead atoms. The van der Waals surface area contributed by atoms with Crippen LogP contribution in [0.25, 0.3) is 0 Å². The van der Waals surface area contributed by atoms with Gasteiger partial charge in [0, 0.05) is 38.1 Å². The van der Waals surface area contributed by atoms with Gasteiger partial charge in [-0.1, -0.05) is 11.6 Å². The largest absolute Gasteiger partial charge is 0.338 e. The fourth-order valence-electron chi connectivity index (χ4n) is 4.11. The van der Waals surface area contributed by atoms with Gasteiger partial charge in [-0.3, -0.25) is 4.79 Å². The van der Waals surface area contributed by atoms with Crippen LogP contribution >= 0.6 is 11.6 Å². The average Bonchev–Trinajstić information content (AvgIpc) is 2.73. The second-order valence-electron chi connectivity index (χ2n) is 8.06. The van der Waals surface area contributed by atoms with Gasteiger partial charge in [-0.05, 0) is 50.3 Å². The van der Waals surface area contributed by atoms with Crippen molar-refractivity contribution in [2.75, 3.05) is 32.4 Å². The van der Waals surface area contributed by atoms with Crippen molar-refractivity contribution in [1.82, 2.24) is 13.9 Å². The number of likely N-dealkylation sites (tertiary alicyclic amines) is 1. The molecule has 1 aromatic carbocycles. The normalized spacial score (nSPS) is 21.9. The molecular formula is C19H27ClFN3O5S2. The first kappa shape index (κ1) is 24.4. The molecule has 31 heavy (non-hydrogen) atoms. The van der Waals surface area contributed by atoms with E-state index in [-0.39, 0.29) is 47.4 Å². The number of benzene rings is 1. The zero-order chi connectivity index (χ0) is 22.8. The Bertz CT molecular complexity index is 1030. The van der Waals surface area contributed by atoms with E-state index in [1.807, 2.05) is 0 Å². The zero-order valence-corrected chi connectivity index (χ0v) is 19.6. The van der Waals surface area contributed by atoms with Gasteiger partial charge in [-0.15, -0.1) is 0 Å². The smallest absolute Gasteiger partial charge is 0.243 e. The Balaban J connectivity index is 1.63. The summed E-state index contributed by atoms with van der Waals surface area (Å²) in [5.41, 5.74) is 0. The monoisotopic (exact) mass is 495 g/mol. The lowest BCUT2D eigenvalue weighted by Gasteiger charge is -2.39. The van der Waals surface area contributed by atoms with Gasteiger partial charge in [-0.25, -0.2) is 25.9 Å². The highest BCUT2D eigenvalue weighted by Crippen LogP contribution is 2.29. The molecule has 2 saturated heterocycles. The second kappa shape index (κ2) is 9.70. The van der Waals surface area contributed by atoms with E-state index in [0.717, 1.165) is 37.7 Å². The molecule has 174 valence electrons. The van der Waals surface area contributed by atoms with Crippen LogP contribution in [-0.2, 0) is 24.8 Å². The van der Waals surface area contributed by atoms with Gasteiger partial charge >= 0.3 is 0 Å². The molecule has 3 rings (SSSR count). The Labute approximate surface area is 187 Å². The van der Waals surface area contributed by atoms with Gasteiger partial charge in [-0.2, -0.15) is 4.31 Å². The van der Waals surface area contributed by atoms with Crippen LogP contribution in [-0.4, -0.2) is 70.4 Å². The lowest BCUT2D eigenvalue weighted by Crippen LogP contribution is -2.52. The summed E-state index contributed by atoms with van der Waals surface area (Å²) in [5, 5.41) is -0.259. The number of nitrogens with one attached hydrogen (secondary N) is 1. The van der Waals surface area contributed by atoms with Crippen LogP contribution in [0.5, 0.6) is 0 Å². The summed E-state index contributed by atoms with van der Waals surface area (Å²) in [6.07, 6.45) is 4.35. The van der Waals surface area contributed by atoms with Gasteiger partial charge < -0.3 is 4.90 Å². The summed E-state index contributed by atoms with van der Waals surface area (Å²) in [7, 11) is -7.18. The SMILES string of the molecule is CS(=O)(=O)NCC1CCCCN1C(=O)C1CCN(S(=O)(=O)c2ccc(F)c(Cl)c2)CC1. The first-order valence-corrected chi connectivity index (χ1v) is 13.9. The molecule has 1 atom stereocenters. The summed E-state index contributed by atoms with van der Waals surface area (Å²) < 4.78 is 65.7. The lowest BCUT2D eigenvalue weighted by molar-refractivity contribution is -0.140. The van der Waals surface area contributed by atoms with Crippen molar-refractivity contribution < 1.29 is 26.0 Å². The van der Waals surface area contributed by atoms with Crippen molar-refractivity contribution in [3.05, 3.63) is 29.0 Å². The fourth-order valence-corrected chi connectivity index (χ4v) is 6.35. The molecule has 0 aliphatic carbocycles. The minimum absolute atomic E-state index is 0.0538. The molecule has 0 radical (unpaired) electrons. The summed E-state index contributed by atoms with van der Waals surface area (Å²) >= 11 is 5.73. The Morgan fingerprint density at radius 2 is 1.81 bits per heavy atom. The average molecular weight is 496 g/mol. The van der Waals surface area contributed by atoms with Gasteiger partial charge in [0.2, 0.25) is 26.0 Å². The Morgan fingerprint density at radius 3 is 2.42 bits per heavy atom. The zero-order valence-electron chi connectivity index (χ0n) is 17.3. The maximum absolute atomic E-state index is 13.4. The van der Waals surface area contributed by atoms with Crippen LogP contribution in [0.4, 0.5) is 4.39 Å². The molecule has 2 heterocycles. The Morgan fingerprint density at radius 1 is 1.13 bits per heavy atom. The molecule has 12 heteroatoms. The number of nitrogens with zero attached hydrogens (tertiary/aromatic N) is 2. The molecule has 0 saturated carbocycles. The number of amides is 1. The minimum Gasteiger partial charge on any atom is -0.338 e. The minimum atomic E-state index is -3.83. The molecule has 2 aliphatic rings. The van der Waals surface area contributed by atoms with Gasteiger partial charge in [0.1, 0.15) is 5.82 Å². The Hall–Kier alpha value is -1.27. The molecule has 2 aliphatic heterocycles. The van der Waals surface area contributed by atoms with Crippen molar-refractivity contribution >= 4 is 37.6 Å². The maximum Gasteiger partial charge on any atom is 0.243 e. The number of piperidine rings is 2. The number of hydrogen-bond donors (Lipinski definition) is 1. The van der Waals surface area contributed by atoms with Crippen LogP contribution in [0.2, 0.25) is 5.02 Å². The molecule has 1 amide bonds. The van der Waals surface area contributed by atoms with E-state index in [2.05, 4.69) is 4.72 Å². The van der Waals surface area contributed by atoms with E-state index in [1.165, 1.54) is 10.4 Å². The summed E-state index contributed by atoms with van der Waals surface area (Å²) in [6, 6.07) is 3.10.